The summed E-state index contributed by atoms with van der Waals surface area (Å²) in [5, 5.41) is 10.1. The van der Waals surface area contributed by atoms with E-state index in [0.29, 0.717) is 12.0 Å². The number of rotatable bonds is 5. The molecule has 4 nitrogen and oxygen atoms in total. The molecule has 0 heterocycles. The second kappa shape index (κ2) is 11.0. The summed E-state index contributed by atoms with van der Waals surface area (Å²) < 4.78 is 37.0. The fraction of sp³-hybridized carbons (Fsp3) is 0.208. The van der Waals surface area contributed by atoms with Gasteiger partial charge in [-0.2, -0.15) is 0 Å². The third kappa shape index (κ3) is 7.20. The lowest BCUT2D eigenvalue weighted by molar-refractivity contribution is -0.114. The van der Waals surface area contributed by atoms with E-state index in [1.807, 2.05) is 36.4 Å². The number of aliphatic hydroxyl groups is 1. The lowest BCUT2D eigenvalue weighted by atomic mass is 9.97. The Labute approximate surface area is 174 Å². The third-order valence-corrected chi connectivity index (χ3v) is 4.02. The number of aliphatic hydroxyl groups excluding tert-OH is 1. The van der Waals surface area contributed by atoms with E-state index in [4.69, 9.17) is 9.47 Å². The molecule has 0 fully saturated rings. The van der Waals surface area contributed by atoms with Crippen LogP contribution in [-0.4, -0.2) is 18.0 Å². The van der Waals surface area contributed by atoms with Crippen LogP contribution < -0.4 is 9.47 Å². The van der Waals surface area contributed by atoms with Gasteiger partial charge in [0.15, 0.2) is 11.6 Å². The molecule has 0 bridgehead atoms. The number of hydrogen-bond acceptors (Lipinski definition) is 4. The van der Waals surface area contributed by atoms with E-state index in [-0.39, 0.29) is 11.5 Å². The zero-order valence-corrected chi connectivity index (χ0v) is 17.1. The van der Waals surface area contributed by atoms with E-state index in [2.05, 4.69) is 0 Å². The molecule has 158 valence electrons. The molecule has 0 atom stereocenters. The first-order chi connectivity index (χ1) is 14.3. The molecule has 0 spiro atoms. The van der Waals surface area contributed by atoms with E-state index in [1.54, 1.807) is 13.2 Å². The van der Waals surface area contributed by atoms with Gasteiger partial charge in [-0.15, -0.1) is 0 Å². The normalized spacial score (nSPS) is 14.2. The van der Waals surface area contributed by atoms with Crippen molar-refractivity contribution in [1.29, 1.82) is 0 Å². The van der Waals surface area contributed by atoms with Gasteiger partial charge in [0.1, 0.15) is 17.3 Å². The average molecular weight is 414 g/mol. The number of methoxy groups -OCH3 is 1. The summed E-state index contributed by atoms with van der Waals surface area (Å²) in [7, 11) is 1.62. The highest BCUT2D eigenvalue weighted by molar-refractivity contribution is 5.72. The van der Waals surface area contributed by atoms with Crippen LogP contribution in [-0.2, 0) is 11.2 Å². The van der Waals surface area contributed by atoms with Crippen molar-refractivity contribution in [2.75, 3.05) is 7.11 Å². The fourth-order valence-electron chi connectivity index (χ4n) is 2.58. The topological polar surface area (TPSA) is 55.8 Å². The van der Waals surface area contributed by atoms with Crippen LogP contribution in [0.2, 0.25) is 0 Å². The molecule has 0 aliphatic heterocycles. The standard InChI is InChI=1S/C21H18F2O3.C3H6O/c1-25-18-9-4-15(5-10-18)12-14-2-6-16(7-3-14)21(24)26-20-13-17(22)8-11-19(20)23;1-3(2)4/h2-6,8-11,13,24H,7,12H2,1H3;1-2H3. The number of benzene rings is 2. The van der Waals surface area contributed by atoms with Crippen LogP contribution in [0, 0.1) is 11.6 Å². The quantitative estimate of drug-likeness (QED) is 0.624. The minimum atomic E-state index is -0.742. The van der Waals surface area contributed by atoms with Gasteiger partial charge in [0, 0.05) is 11.6 Å². The van der Waals surface area contributed by atoms with Crippen LogP contribution in [0.25, 0.3) is 0 Å². The van der Waals surface area contributed by atoms with Crippen molar-refractivity contribution in [3.8, 4) is 11.5 Å². The van der Waals surface area contributed by atoms with E-state index < -0.39 is 17.6 Å². The largest absolute Gasteiger partial charge is 0.497 e. The number of Topliss-reactive ketones (excluding diaryl/α,β-unsaturated/α-hetero) is 1. The lowest BCUT2D eigenvalue weighted by Gasteiger charge is -2.13. The van der Waals surface area contributed by atoms with Crippen molar-refractivity contribution in [2.24, 2.45) is 0 Å². The molecule has 30 heavy (non-hydrogen) atoms. The maximum atomic E-state index is 13.6. The Morgan fingerprint density at radius 3 is 2.30 bits per heavy atom. The zero-order chi connectivity index (χ0) is 22.1. The van der Waals surface area contributed by atoms with Gasteiger partial charge in [0.05, 0.1) is 7.11 Å². The Morgan fingerprint density at radius 1 is 1.07 bits per heavy atom. The SMILES string of the molecule is CC(C)=O.COc1ccc(CC2=CCC(=C(O)Oc3cc(F)ccc3F)C=C2)cc1. The maximum Gasteiger partial charge on any atom is 0.285 e. The smallest absolute Gasteiger partial charge is 0.285 e. The van der Waals surface area contributed by atoms with E-state index in [0.717, 1.165) is 41.5 Å². The Kier molecular flexibility index (Phi) is 8.35. The van der Waals surface area contributed by atoms with Crippen molar-refractivity contribution < 1.29 is 28.2 Å². The van der Waals surface area contributed by atoms with Crippen LogP contribution in [0.15, 0.2) is 77.8 Å². The molecule has 0 radical (unpaired) electrons. The fourth-order valence-corrected chi connectivity index (χ4v) is 2.58. The first-order valence-corrected chi connectivity index (χ1v) is 9.30. The molecular weight excluding hydrogens is 390 g/mol. The summed E-state index contributed by atoms with van der Waals surface area (Å²) in [5.41, 5.74) is 2.72. The van der Waals surface area contributed by atoms with Gasteiger partial charge in [-0.05, 0) is 62.1 Å². The molecule has 2 aromatic carbocycles. The summed E-state index contributed by atoms with van der Waals surface area (Å²) in [6, 6.07) is 10.6. The second-order valence-corrected chi connectivity index (χ2v) is 6.76. The summed E-state index contributed by atoms with van der Waals surface area (Å²) in [6.07, 6.45) is 6.72. The van der Waals surface area contributed by atoms with Crippen molar-refractivity contribution in [3.05, 3.63) is 95.0 Å². The van der Waals surface area contributed by atoms with Crippen LogP contribution in [0.5, 0.6) is 11.5 Å². The predicted octanol–water partition coefficient (Wildman–Crippen LogP) is 5.85. The molecule has 3 rings (SSSR count). The van der Waals surface area contributed by atoms with Gasteiger partial charge < -0.3 is 19.4 Å². The van der Waals surface area contributed by atoms with Crippen LogP contribution in [0.1, 0.15) is 25.8 Å². The van der Waals surface area contributed by atoms with Crippen LogP contribution in [0.3, 0.4) is 0 Å². The first-order valence-electron chi connectivity index (χ1n) is 9.30. The Hall–Kier alpha value is -3.41. The Balaban J connectivity index is 0.000000735. The van der Waals surface area contributed by atoms with Gasteiger partial charge in [0.2, 0.25) is 0 Å². The number of carbonyl (C=O) groups excluding carboxylic acids is 1. The van der Waals surface area contributed by atoms with Gasteiger partial charge in [0.25, 0.3) is 5.95 Å². The highest BCUT2D eigenvalue weighted by Crippen LogP contribution is 2.25. The summed E-state index contributed by atoms with van der Waals surface area (Å²) in [6.45, 7) is 3.06. The Morgan fingerprint density at radius 2 is 1.73 bits per heavy atom. The van der Waals surface area contributed by atoms with E-state index >= 15 is 0 Å². The summed E-state index contributed by atoms with van der Waals surface area (Å²) in [4.78, 5) is 9.44. The summed E-state index contributed by atoms with van der Waals surface area (Å²) >= 11 is 0. The monoisotopic (exact) mass is 414 g/mol. The molecule has 2 aromatic rings. The number of ether oxygens (including phenoxy) is 2. The third-order valence-electron chi connectivity index (χ3n) is 4.02. The first kappa shape index (κ1) is 22.9. The highest BCUT2D eigenvalue weighted by Gasteiger charge is 2.12. The number of carbonyl (C=O) groups is 1. The minimum Gasteiger partial charge on any atom is -0.497 e. The summed E-state index contributed by atoms with van der Waals surface area (Å²) in [5.74, 6) is -1.20. The van der Waals surface area contributed by atoms with Crippen molar-refractivity contribution >= 4 is 5.78 Å². The lowest BCUT2D eigenvalue weighted by Crippen LogP contribution is -2.03. The minimum absolute atomic E-state index is 0.167. The van der Waals surface area contributed by atoms with Crippen molar-refractivity contribution in [3.63, 3.8) is 0 Å². The van der Waals surface area contributed by atoms with Crippen LogP contribution >= 0.6 is 0 Å². The van der Waals surface area contributed by atoms with Gasteiger partial charge in [-0.3, -0.25) is 0 Å². The molecule has 0 aromatic heterocycles. The van der Waals surface area contributed by atoms with E-state index in [9.17, 15) is 18.7 Å². The zero-order valence-electron chi connectivity index (χ0n) is 17.1. The molecule has 6 heteroatoms. The highest BCUT2D eigenvalue weighted by atomic mass is 19.1. The molecule has 0 saturated carbocycles. The van der Waals surface area contributed by atoms with Crippen molar-refractivity contribution in [2.45, 2.75) is 26.7 Å². The average Bonchev–Trinajstić information content (AvgIpc) is 2.71. The number of halogens is 2. The number of ketones is 1. The van der Waals surface area contributed by atoms with Crippen molar-refractivity contribution in [1.82, 2.24) is 0 Å². The molecule has 0 amide bonds. The maximum absolute atomic E-state index is 13.6. The molecule has 0 unspecified atom stereocenters. The Bertz CT molecular complexity index is 969. The number of allylic oxidation sites excluding steroid dienone is 5. The van der Waals surface area contributed by atoms with Gasteiger partial charge >= 0.3 is 0 Å². The molecule has 1 aliphatic rings. The van der Waals surface area contributed by atoms with Crippen LogP contribution in [0.4, 0.5) is 8.78 Å². The molecule has 1 N–H and O–H groups in total. The second-order valence-electron chi connectivity index (χ2n) is 6.76. The molecule has 0 saturated heterocycles. The van der Waals surface area contributed by atoms with Gasteiger partial charge in [-0.1, -0.05) is 30.4 Å². The molecular formula is C24H24F2O4. The predicted molar refractivity (Wildman–Crippen MR) is 112 cm³/mol. The van der Waals surface area contributed by atoms with E-state index in [1.165, 1.54) is 13.8 Å². The molecule has 1 aliphatic carbocycles. The number of hydrogen-bond donors (Lipinski definition) is 1. The van der Waals surface area contributed by atoms with Gasteiger partial charge in [-0.25, -0.2) is 8.78 Å².